The van der Waals surface area contributed by atoms with Crippen molar-refractivity contribution in [2.24, 2.45) is 0 Å². The lowest BCUT2D eigenvalue weighted by atomic mass is 10.1. The highest BCUT2D eigenvalue weighted by Crippen LogP contribution is 2.24. The normalized spacial score (nSPS) is 22.9. The lowest BCUT2D eigenvalue weighted by Gasteiger charge is -2.35. The third kappa shape index (κ3) is 5.32. The molecular weight excluding hydrogens is 376 g/mol. The van der Waals surface area contributed by atoms with Crippen LogP contribution in [0.25, 0.3) is 10.8 Å². The highest BCUT2D eigenvalue weighted by molar-refractivity contribution is 5.98. The van der Waals surface area contributed by atoms with Crippen LogP contribution in [-0.4, -0.2) is 67.2 Å². The molecule has 5 nitrogen and oxygen atoms in total. The Morgan fingerprint density at radius 1 is 1.00 bits per heavy atom. The Hall–Kier alpha value is -2.11. The van der Waals surface area contributed by atoms with Gasteiger partial charge >= 0.3 is 0 Å². The standard InChI is InChI=1S/C25H34N2O3/c1-19-17-27(18-20(2)30-19)25(28)23-8-7-22-16-24(10-9-21(22)15-23)29-14-6-13-26-11-4-3-5-12-26/h7-10,15-16,19-20H,3-6,11-14,17-18H2,1-2H3. The van der Waals surface area contributed by atoms with Gasteiger partial charge in [0.2, 0.25) is 0 Å². The number of fused-ring (bicyclic) bond motifs is 1. The zero-order valence-electron chi connectivity index (χ0n) is 18.3. The van der Waals surface area contributed by atoms with Crippen LogP contribution in [-0.2, 0) is 4.74 Å². The number of carbonyl (C=O) groups excluding carboxylic acids is 1. The highest BCUT2D eigenvalue weighted by Gasteiger charge is 2.26. The topological polar surface area (TPSA) is 42.0 Å². The number of morpholine rings is 1. The predicted molar refractivity (Wildman–Crippen MR) is 120 cm³/mol. The summed E-state index contributed by atoms with van der Waals surface area (Å²) in [7, 11) is 0. The number of hydrogen-bond acceptors (Lipinski definition) is 4. The first-order chi connectivity index (χ1) is 14.6. The predicted octanol–water partition coefficient (Wildman–Crippen LogP) is 4.34. The van der Waals surface area contributed by atoms with E-state index in [0.29, 0.717) is 13.1 Å². The van der Waals surface area contributed by atoms with E-state index in [4.69, 9.17) is 9.47 Å². The van der Waals surface area contributed by atoms with E-state index in [1.165, 1.54) is 32.4 Å². The molecule has 2 aliphatic heterocycles. The van der Waals surface area contributed by atoms with E-state index in [1.807, 2.05) is 43.0 Å². The van der Waals surface area contributed by atoms with Crippen LogP contribution in [0, 0.1) is 0 Å². The highest BCUT2D eigenvalue weighted by atomic mass is 16.5. The maximum Gasteiger partial charge on any atom is 0.254 e. The fourth-order valence-corrected chi connectivity index (χ4v) is 4.63. The number of piperidine rings is 1. The van der Waals surface area contributed by atoms with Gasteiger partial charge in [-0.3, -0.25) is 4.79 Å². The average molecular weight is 411 g/mol. The molecular formula is C25H34N2O3. The molecule has 30 heavy (non-hydrogen) atoms. The number of ether oxygens (including phenoxy) is 2. The first-order valence-electron chi connectivity index (χ1n) is 11.4. The minimum Gasteiger partial charge on any atom is -0.494 e. The molecule has 2 aliphatic rings. The molecule has 1 amide bonds. The van der Waals surface area contributed by atoms with Gasteiger partial charge in [-0.05, 0) is 81.2 Å². The SMILES string of the molecule is CC1CN(C(=O)c2ccc3cc(OCCCN4CCCCC4)ccc3c2)CC(C)O1. The van der Waals surface area contributed by atoms with E-state index < -0.39 is 0 Å². The molecule has 0 aromatic heterocycles. The number of rotatable bonds is 6. The molecule has 2 saturated heterocycles. The van der Waals surface area contributed by atoms with Crippen molar-refractivity contribution in [1.29, 1.82) is 0 Å². The third-order valence-electron chi connectivity index (χ3n) is 6.10. The molecule has 2 aromatic carbocycles. The van der Waals surface area contributed by atoms with Gasteiger partial charge in [0.05, 0.1) is 18.8 Å². The van der Waals surface area contributed by atoms with Crippen LogP contribution in [0.15, 0.2) is 36.4 Å². The van der Waals surface area contributed by atoms with Crippen molar-refractivity contribution in [3.63, 3.8) is 0 Å². The fraction of sp³-hybridized carbons (Fsp3) is 0.560. The Morgan fingerprint density at radius 3 is 2.47 bits per heavy atom. The van der Waals surface area contributed by atoms with Gasteiger partial charge in [-0.25, -0.2) is 0 Å². The molecule has 0 N–H and O–H groups in total. The van der Waals surface area contributed by atoms with Gasteiger partial charge in [0.25, 0.3) is 5.91 Å². The molecule has 0 aliphatic carbocycles. The Balaban J connectivity index is 1.34. The van der Waals surface area contributed by atoms with E-state index in [1.54, 1.807) is 0 Å². The van der Waals surface area contributed by atoms with Crippen LogP contribution >= 0.6 is 0 Å². The van der Waals surface area contributed by atoms with Crippen LogP contribution in [0.5, 0.6) is 5.75 Å². The Bertz CT molecular complexity index is 853. The van der Waals surface area contributed by atoms with Crippen LogP contribution < -0.4 is 4.74 Å². The van der Waals surface area contributed by atoms with Gasteiger partial charge in [0, 0.05) is 25.2 Å². The lowest BCUT2D eigenvalue weighted by Crippen LogP contribution is -2.48. The maximum atomic E-state index is 12.9. The minimum absolute atomic E-state index is 0.0766. The molecule has 2 aromatic rings. The first-order valence-corrected chi connectivity index (χ1v) is 11.4. The second-order valence-corrected chi connectivity index (χ2v) is 8.80. The summed E-state index contributed by atoms with van der Waals surface area (Å²) < 4.78 is 11.7. The zero-order valence-corrected chi connectivity index (χ0v) is 18.3. The second kappa shape index (κ2) is 9.80. The second-order valence-electron chi connectivity index (χ2n) is 8.80. The number of hydrogen-bond donors (Lipinski definition) is 0. The fourth-order valence-electron chi connectivity index (χ4n) is 4.63. The summed E-state index contributed by atoms with van der Waals surface area (Å²) in [4.78, 5) is 17.4. The third-order valence-corrected chi connectivity index (χ3v) is 6.10. The maximum absolute atomic E-state index is 12.9. The largest absolute Gasteiger partial charge is 0.494 e. The molecule has 2 unspecified atom stereocenters. The summed E-state index contributed by atoms with van der Waals surface area (Å²) in [5, 5.41) is 2.17. The van der Waals surface area contributed by atoms with E-state index in [0.717, 1.165) is 41.7 Å². The van der Waals surface area contributed by atoms with Crippen molar-refractivity contribution in [3.8, 4) is 5.75 Å². The van der Waals surface area contributed by atoms with Gasteiger partial charge in [0.1, 0.15) is 5.75 Å². The first kappa shape index (κ1) is 21.1. The summed E-state index contributed by atoms with van der Waals surface area (Å²) in [6, 6.07) is 12.1. The minimum atomic E-state index is 0.0766. The summed E-state index contributed by atoms with van der Waals surface area (Å²) in [6.45, 7) is 9.66. The summed E-state index contributed by atoms with van der Waals surface area (Å²) >= 11 is 0. The molecule has 2 heterocycles. The molecule has 2 fully saturated rings. The molecule has 5 heteroatoms. The number of nitrogens with zero attached hydrogens (tertiary/aromatic N) is 2. The number of carbonyl (C=O) groups is 1. The van der Waals surface area contributed by atoms with Gasteiger partial charge < -0.3 is 19.3 Å². The molecule has 0 saturated carbocycles. The van der Waals surface area contributed by atoms with Gasteiger partial charge in [-0.15, -0.1) is 0 Å². The Labute approximate surface area is 179 Å². The van der Waals surface area contributed by atoms with Gasteiger partial charge in [-0.2, -0.15) is 0 Å². The van der Waals surface area contributed by atoms with Crippen LogP contribution in [0.3, 0.4) is 0 Å². The van der Waals surface area contributed by atoms with Crippen LogP contribution in [0.2, 0.25) is 0 Å². The van der Waals surface area contributed by atoms with E-state index in [2.05, 4.69) is 17.0 Å². The van der Waals surface area contributed by atoms with Crippen molar-refractivity contribution in [3.05, 3.63) is 42.0 Å². The summed E-state index contributed by atoms with van der Waals surface area (Å²) in [5.41, 5.74) is 0.735. The molecule has 0 bridgehead atoms. The summed E-state index contributed by atoms with van der Waals surface area (Å²) in [6.07, 6.45) is 5.25. The van der Waals surface area contributed by atoms with Gasteiger partial charge in [0.15, 0.2) is 0 Å². The van der Waals surface area contributed by atoms with Crippen molar-refractivity contribution < 1.29 is 14.3 Å². The van der Waals surface area contributed by atoms with Crippen molar-refractivity contribution >= 4 is 16.7 Å². The average Bonchev–Trinajstić information content (AvgIpc) is 2.76. The Morgan fingerprint density at radius 2 is 1.70 bits per heavy atom. The summed E-state index contributed by atoms with van der Waals surface area (Å²) in [5.74, 6) is 0.980. The number of benzene rings is 2. The quantitative estimate of drug-likeness (QED) is 0.664. The van der Waals surface area contributed by atoms with E-state index in [9.17, 15) is 4.79 Å². The monoisotopic (exact) mass is 410 g/mol. The van der Waals surface area contributed by atoms with Gasteiger partial charge in [-0.1, -0.05) is 18.6 Å². The van der Waals surface area contributed by atoms with Crippen LogP contribution in [0.4, 0.5) is 0 Å². The zero-order chi connectivity index (χ0) is 20.9. The molecule has 0 spiro atoms. The number of amides is 1. The van der Waals surface area contributed by atoms with E-state index in [-0.39, 0.29) is 18.1 Å². The van der Waals surface area contributed by atoms with Crippen molar-refractivity contribution in [2.75, 3.05) is 39.3 Å². The molecule has 4 rings (SSSR count). The lowest BCUT2D eigenvalue weighted by molar-refractivity contribution is -0.0586. The number of likely N-dealkylation sites (tertiary alicyclic amines) is 1. The molecule has 2 atom stereocenters. The smallest absolute Gasteiger partial charge is 0.254 e. The van der Waals surface area contributed by atoms with Crippen LogP contribution in [0.1, 0.15) is 49.9 Å². The van der Waals surface area contributed by atoms with Crippen molar-refractivity contribution in [2.45, 2.75) is 51.7 Å². The Kier molecular flexibility index (Phi) is 6.90. The van der Waals surface area contributed by atoms with Crippen molar-refractivity contribution in [1.82, 2.24) is 9.80 Å². The van der Waals surface area contributed by atoms with E-state index >= 15 is 0 Å². The molecule has 162 valence electrons. The molecule has 0 radical (unpaired) electrons.